The molecule has 0 N–H and O–H groups in total. The number of amides is 2. The first-order valence-corrected chi connectivity index (χ1v) is 7.49. The number of ether oxygens (including phenoxy) is 2. The first-order valence-electron chi connectivity index (χ1n) is 7.49. The summed E-state index contributed by atoms with van der Waals surface area (Å²) >= 11 is 0. The highest BCUT2D eigenvalue weighted by molar-refractivity contribution is 6.33. The minimum atomic E-state index is -0.239. The van der Waals surface area contributed by atoms with Crippen molar-refractivity contribution in [2.24, 2.45) is 5.92 Å². The molecule has 2 aliphatic heterocycles. The fourth-order valence-corrected chi connectivity index (χ4v) is 2.93. The van der Waals surface area contributed by atoms with E-state index in [9.17, 15) is 9.59 Å². The molecule has 22 heavy (non-hydrogen) atoms. The summed E-state index contributed by atoms with van der Waals surface area (Å²) in [7, 11) is 1.56. The highest BCUT2D eigenvalue weighted by atomic mass is 16.5. The second-order valence-corrected chi connectivity index (χ2v) is 5.57. The van der Waals surface area contributed by atoms with E-state index in [0.29, 0.717) is 42.6 Å². The van der Waals surface area contributed by atoms with Crippen molar-refractivity contribution in [3.63, 3.8) is 0 Å². The van der Waals surface area contributed by atoms with Crippen molar-refractivity contribution in [2.45, 2.75) is 12.8 Å². The zero-order valence-electron chi connectivity index (χ0n) is 12.6. The minimum Gasteiger partial charge on any atom is -0.496 e. The van der Waals surface area contributed by atoms with Crippen LogP contribution in [0.1, 0.15) is 18.4 Å². The normalized spacial score (nSPS) is 19.5. The smallest absolute Gasteiger partial charge is 0.261 e. The summed E-state index contributed by atoms with van der Waals surface area (Å²) in [6.07, 6.45) is 3.20. The van der Waals surface area contributed by atoms with Gasteiger partial charge in [0, 0.05) is 31.4 Å². The van der Waals surface area contributed by atoms with Crippen molar-refractivity contribution in [3.05, 3.63) is 35.9 Å². The number of rotatable bonds is 4. The van der Waals surface area contributed by atoms with E-state index in [0.717, 1.165) is 12.8 Å². The molecule has 1 aromatic rings. The molecule has 0 aromatic heterocycles. The lowest BCUT2D eigenvalue weighted by Gasteiger charge is -2.26. The Hall–Kier alpha value is -2.14. The lowest BCUT2D eigenvalue weighted by molar-refractivity contribution is -0.137. The number of para-hydroxylation sites is 1. The topological polar surface area (TPSA) is 55.8 Å². The number of carbonyl (C=O) groups excluding carboxylic acids is 2. The number of methoxy groups -OCH3 is 1. The Labute approximate surface area is 129 Å². The summed E-state index contributed by atoms with van der Waals surface area (Å²) in [5.74, 6) is 0.452. The van der Waals surface area contributed by atoms with E-state index in [1.807, 2.05) is 12.1 Å². The lowest BCUT2D eigenvalue weighted by Crippen LogP contribution is -2.37. The average Bonchev–Trinajstić information content (AvgIpc) is 2.84. The van der Waals surface area contributed by atoms with Crippen molar-refractivity contribution < 1.29 is 19.1 Å². The van der Waals surface area contributed by atoms with Crippen LogP contribution >= 0.6 is 0 Å². The second-order valence-electron chi connectivity index (χ2n) is 5.57. The standard InChI is InChI=1S/C17H19NO4/c1-21-15-5-3-2-4-13(15)14-10-16(19)18(17(14)20)11-12-6-8-22-9-7-12/h2-5,10,12H,6-9,11H2,1H3. The number of carbonyl (C=O) groups is 2. The maximum absolute atomic E-state index is 12.6. The minimum absolute atomic E-state index is 0.235. The van der Waals surface area contributed by atoms with Crippen LogP contribution in [-0.2, 0) is 14.3 Å². The number of nitrogens with zero attached hydrogens (tertiary/aromatic N) is 1. The third-order valence-corrected chi connectivity index (χ3v) is 4.19. The summed E-state index contributed by atoms with van der Waals surface area (Å²) in [4.78, 5) is 26.2. The molecule has 2 amide bonds. The van der Waals surface area contributed by atoms with E-state index in [-0.39, 0.29) is 11.8 Å². The first-order chi connectivity index (χ1) is 10.7. The van der Waals surface area contributed by atoms with Crippen LogP contribution in [0.2, 0.25) is 0 Å². The van der Waals surface area contributed by atoms with E-state index in [1.165, 1.54) is 11.0 Å². The van der Waals surface area contributed by atoms with Crippen LogP contribution in [0.15, 0.2) is 30.3 Å². The molecular formula is C17H19NO4. The molecule has 0 radical (unpaired) electrons. The van der Waals surface area contributed by atoms with Gasteiger partial charge in [-0.15, -0.1) is 0 Å². The second kappa shape index (κ2) is 6.32. The summed E-state index contributed by atoms with van der Waals surface area (Å²) < 4.78 is 10.6. The van der Waals surface area contributed by atoms with E-state index in [1.54, 1.807) is 19.2 Å². The Morgan fingerprint density at radius 3 is 2.68 bits per heavy atom. The molecule has 3 rings (SSSR count). The van der Waals surface area contributed by atoms with Gasteiger partial charge in [-0.25, -0.2) is 0 Å². The Morgan fingerprint density at radius 2 is 1.95 bits per heavy atom. The van der Waals surface area contributed by atoms with Crippen LogP contribution in [0.25, 0.3) is 5.57 Å². The molecular weight excluding hydrogens is 282 g/mol. The van der Waals surface area contributed by atoms with Gasteiger partial charge in [-0.1, -0.05) is 18.2 Å². The van der Waals surface area contributed by atoms with Gasteiger partial charge in [-0.3, -0.25) is 14.5 Å². The third-order valence-electron chi connectivity index (χ3n) is 4.19. The Bertz CT molecular complexity index is 617. The summed E-state index contributed by atoms with van der Waals surface area (Å²) in [5, 5.41) is 0. The number of benzene rings is 1. The van der Waals surface area contributed by atoms with Crippen LogP contribution in [0.4, 0.5) is 0 Å². The van der Waals surface area contributed by atoms with Gasteiger partial charge in [-0.05, 0) is 24.8 Å². The molecule has 1 aromatic carbocycles. The van der Waals surface area contributed by atoms with Gasteiger partial charge in [0.25, 0.3) is 11.8 Å². The zero-order chi connectivity index (χ0) is 15.5. The molecule has 0 atom stereocenters. The van der Waals surface area contributed by atoms with Gasteiger partial charge in [0.1, 0.15) is 5.75 Å². The van der Waals surface area contributed by atoms with Crippen molar-refractivity contribution in [2.75, 3.05) is 26.9 Å². The van der Waals surface area contributed by atoms with Crippen molar-refractivity contribution >= 4 is 17.4 Å². The molecule has 0 unspecified atom stereocenters. The lowest BCUT2D eigenvalue weighted by atomic mass is 9.99. The fraction of sp³-hybridized carbons (Fsp3) is 0.412. The zero-order valence-corrected chi connectivity index (χ0v) is 12.6. The van der Waals surface area contributed by atoms with Crippen LogP contribution in [0.3, 0.4) is 0 Å². The van der Waals surface area contributed by atoms with E-state index in [2.05, 4.69) is 0 Å². The fourth-order valence-electron chi connectivity index (χ4n) is 2.93. The molecule has 0 bridgehead atoms. The predicted octanol–water partition coefficient (Wildman–Crippen LogP) is 1.87. The number of hydrogen-bond acceptors (Lipinski definition) is 4. The molecule has 2 heterocycles. The summed E-state index contributed by atoms with van der Waals surface area (Å²) in [6, 6.07) is 7.25. The van der Waals surface area contributed by atoms with Gasteiger partial charge in [0.15, 0.2) is 0 Å². The molecule has 5 heteroatoms. The van der Waals surface area contributed by atoms with E-state index in [4.69, 9.17) is 9.47 Å². The van der Waals surface area contributed by atoms with Crippen LogP contribution < -0.4 is 4.74 Å². The molecule has 0 saturated carbocycles. The Morgan fingerprint density at radius 1 is 1.23 bits per heavy atom. The molecule has 1 saturated heterocycles. The summed E-state index contributed by atoms with van der Waals surface area (Å²) in [5.41, 5.74) is 1.08. The highest BCUT2D eigenvalue weighted by Crippen LogP contribution is 2.31. The van der Waals surface area contributed by atoms with E-state index >= 15 is 0 Å². The third kappa shape index (κ3) is 2.76. The maximum atomic E-state index is 12.6. The van der Waals surface area contributed by atoms with Gasteiger partial charge in [0.2, 0.25) is 0 Å². The highest BCUT2D eigenvalue weighted by Gasteiger charge is 2.34. The van der Waals surface area contributed by atoms with E-state index < -0.39 is 0 Å². The summed E-state index contributed by atoms with van der Waals surface area (Å²) in [6.45, 7) is 1.87. The van der Waals surface area contributed by atoms with Gasteiger partial charge < -0.3 is 9.47 Å². The quantitative estimate of drug-likeness (QED) is 0.797. The van der Waals surface area contributed by atoms with Crippen LogP contribution in [0, 0.1) is 5.92 Å². The maximum Gasteiger partial charge on any atom is 0.261 e. The van der Waals surface area contributed by atoms with Crippen LogP contribution in [0.5, 0.6) is 5.75 Å². The van der Waals surface area contributed by atoms with Crippen molar-refractivity contribution in [1.82, 2.24) is 4.90 Å². The Balaban J connectivity index is 1.79. The monoisotopic (exact) mass is 301 g/mol. The first kappa shape index (κ1) is 14.8. The van der Waals surface area contributed by atoms with Crippen molar-refractivity contribution in [3.8, 4) is 5.75 Å². The number of hydrogen-bond donors (Lipinski definition) is 0. The van der Waals surface area contributed by atoms with Crippen LogP contribution in [-0.4, -0.2) is 43.6 Å². The van der Waals surface area contributed by atoms with Crippen molar-refractivity contribution in [1.29, 1.82) is 0 Å². The molecule has 116 valence electrons. The molecule has 2 aliphatic rings. The van der Waals surface area contributed by atoms with Gasteiger partial charge >= 0.3 is 0 Å². The Kier molecular flexibility index (Phi) is 4.24. The van der Waals surface area contributed by atoms with Gasteiger partial charge in [-0.2, -0.15) is 0 Å². The molecule has 0 spiro atoms. The largest absolute Gasteiger partial charge is 0.496 e. The SMILES string of the molecule is COc1ccccc1C1=CC(=O)N(CC2CCOCC2)C1=O. The van der Waals surface area contributed by atoms with Gasteiger partial charge in [0.05, 0.1) is 12.7 Å². The molecule has 5 nitrogen and oxygen atoms in total. The molecule has 1 fully saturated rings. The number of imide groups is 1. The predicted molar refractivity (Wildman–Crippen MR) is 81.2 cm³/mol. The average molecular weight is 301 g/mol. The molecule has 0 aliphatic carbocycles.